The van der Waals surface area contributed by atoms with Crippen molar-refractivity contribution in [3.8, 4) is 0 Å². The summed E-state index contributed by atoms with van der Waals surface area (Å²) in [4.78, 5) is 12.2. The van der Waals surface area contributed by atoms with Crippen LogP contribution in [0, 0.1) is 12.7 Å². The van der Waals surface area contributed by atoms with E-state index in [4.69, 9.17) is 0 Å². The van der Waals surface area contributed by atoms with Crippen LogP contribution in [0.4, 0.5) is 4.39 Å². The maximum Gasteiger partial charge on any atom is 0.213 e. The fourth-order valence-electron chi connectivity index (χ4n) is 1.42. The third-order valence-electron chi connectivity index (χ3n) is 2.42. The first-order valence-corrected chi connectivity index (χ1v) is 6.02. The van der Waals surface area contributed by atoms with E-state index >= 15 is 0 Å². The van der Waals surface area contributed by atoms with Crippen molar-refractivity contribution in [2.75, 3.05) is 0 Å². The van der Waals surface area contributed by atoms with E-state index in [0.717, 1.165) is 0 Å². The number of benzene rings is 1. The molecular formula is C11H11FN4OS. The first kappa shape index (κ1) is 12.7. The SMILES string of the molecule is CC(=O)c1cc(F)c(C)cc1Sc1nnnn1C. The molecule has 1 aromatic heterocycles. The summed E-state index contributed by atoms with van der Waals surface area (Å²) in [6.07, 6.45) is 0. The maximum absolute atomic E-state index is 13.5. The van der Waals surface area contributed by atoms with Crippen LogP contribution in [0.3, 0.4) is 0 Å². The molecule has 0 bridgehead atoms. The molecule has 0 fully saturated rings. The highest BCUT2D eigenvalue weighted by molar-refractivity contribution is 7.99. The van der Waals surface area contributed by atoms with Gasteiger partial charge in [0.2, 0.25) is 5.16 Å². The first-order chi connectivity index (χ1) is 8.49. The normalized spacial score (nSPS) is 10.7. The summed E-state index contributed by atoms with van der Waals surface area (Å²) < 4.78 is 15.0. The van der Waals surface area contributed by atoms with Crippen LogP contribution in [-0.2, 0) is 7.05 Å². The number of carbonyl (C=O) groups is 1. The summed E-state index contributed by atoms with van der Waals surface area (Å²) in [5.41, 5.74) is 0.823. The molecule has 5 nitrogen and oxygen atoms in total. The largest absolute Gasteiger partial charge is 0.294 e. The maximum atomic E-state index is 13.5. The molecule has 0 N–H and O–H groups in total. The fraction of sp³-hybridized carbons (Fsp3) is 0.273. The quantitative estimate of drug-likeness (QED) is 0.795. The van der Waals surface area contributed by atoms with Crippen LogP contribution in [0.15, 0.2) is 22.2 Å². The molecule has 0 aliphatic rings. The monoisotopic (exact) mass is 266 g/mol. The molecule has 2 rings (SSSR count). The number of halogens is 1. The number of ketones is 1. The highest BCUT2D eigenvalue weighted by Gasteiger charge is 2.14. The third-order valence-corrected chi connectivity index (χ3v) is 3.51. The fourth-order valence-corrected chi connectivity index (χ4v) is 2.41. The van der Waals surface area contributed by atoms with E-state index in [1.54, 1.807) is 20.0 Å². The van der Waals surface area contributed by atoms with Crippen molar-refractivity contribution in [2.24, 2.45) is 7.05 Å². The van der Waals surface area contributed by atoms with E-state index in [1.807, 2.05) is 0 Å². The topological polar surface area (TPSA) is 60.7 Å². The average molecular weight is 266 g/mol. The average Bonchev–Trinajstić information content (AvgIpc) is 2.69. The van der Waals surface area contributed by atoms with Gasteiger partial charge in [0.05, 0.1) is 0 Å². The lowest BCUT2D eigenvalue weighted by Gasteiger charge is -2.07. The Bertz CT molecular complexity index is 611. The number of aryl methyl sites for hydroxylation is 2. The Morgan fingerprint density at radius 1 is 1.44 bits per heavy atom. The summed E-state index contributed by atoms with van der Waals surface area (Å²) in [6.45, 7) is 3.06. The predicted molar refractivity (Wildman–Crippen MR) is 64.1 cm³/mol. The molecule has 0 spiro atoms. The van der Waals surface area contributed by atoms with Crippen molar-refractivity contribution < 1.29 is 9.18 Å². The molecule has 18 heavy (non-hydrogen) atoms. The first-order valence-electron chi connectivity index (χ1n) is 5.20. The van der Waals surface area contributed by atoms with Gasteiger partial charge in [-0.25, -0.2) is 9.07 Å². The lowest BCUT2D eigenvalue weighted by molar-refractivity contribution is 0.101. The highest BCUT2D eigenvalue weighted by atomic mass is 32.2. The van der Waals surface area contributed by atoms with Crippen molar-refractivity contribution in [3.63, 3.8) is 0 Å². The molecule has 0 atom stereocenters. The number of Topliss-reactive ketones (excluding diaryl/α,β-unsaturated/α-hetero) is 1. The molecule has 0 amide bonds. The van der Waals surface area contributed by atoms with Gasteiger partial charge in [0, 0.05) is 17.5 Å². The van der Waals surface area contributed by atoms with E-state index in [9.17, 15) is 9.18 Å². The number of nitrogens with zero attached hydrogens (tertiary/aromatic N) is 4. The van der Waals surface area contributed by atoms with Gasteiger partial charge in [0.15, 0.2) is 5.78 Å². The Morgan fingerprint density at radius 3 is 2.72 bits per heavy atom. The van der Waals surface area contributed by atoms with Gasteiger partial charge in [0.25, 0.3) is 0 Å². The minimum Gasteiger partial charge on any atom is -0.294 e. The second kappa shape index (κ2) is 4.85. The zero-order valence-corrected chi connectivity index (χ0v) is 11.0. The summed E-state index contributed by atoms with van der Waals surface area (Å²) in [6, 6.07) is 2.88. The van der Waals surface area contributed by atoms with Crippen molar-refractivity contribution in [1.82, 2.24) is 20.2 Å². The second-order valence-corrected chi connectivity index (χ2v) is 4.85. The molecular weight excluding hydrogens is 255 g/mol. The standard InChI is InChI=1S/C11H11FN4OS/c1-6-4-10(8(7(2)17)5-9(6)12)18-11-13-14-15-16(11)3/h4-5H,1-3H3. The third kappa shape index (κ3) is 2.40. The number of hydrogen-bond donors (Lipinski definition) is 0. The Kier molecular flexibility index (Phi) is 3.42. The lowest BCUT2D eigenvalue weighted by atomic mass is 10.1. The van der Waals surface area contributed by atoms with Crippen LogP contribution in [0.2, 0.25) is 0 Å². The molecule has 0 aliphatic carbocycles. The van der Waals surface area contributed by atoms with Crippen molar-refractivity contribution >= 4 is 17.5 Å². The van der Waals surface area contributed by atoms with Crippen molar-refractivity contribution in [1.29, 1.82) is 0 Å². The van der Waals surface area contributed by atoms with Gasteiger partial charge in [-0.05, 0) is 53.7 Å². The van der Waals surface area contributed by atoms with E-state index in [2.05, 4.69) is 15.5 Å². The van der Waals surface area contributed by atoms with Gasteiger partial charge in [-0.2, -0.15) is 0 Å². The van der Waals surface area contributed by atoms with Gasteiger partial charge in [-0.15, -0.1) is 5.10 Å². The van der Waals surface area contributed by atoms with Crippen LogP contribution in [0.5, 0.6) is 0 Å². The van der Waals surface area contributed by atoms with Gasteiger partial charge in [-0.1, -0.05) is 0 Å². The summed E-state index contributed by atoms with van der Waals surface area (Å²) in [5.74, 6) is -0.577. The van der Waals surface area contributed by atoms with Gasteiger partial charge >= 0.3 is 0 Å². The Morgan fingerprint density at radius 2 is 2.17 bits per heavy atom. The number of hydrogen-bond acceptors (Lipinski definition) is 5. The van der Waals surface area contributed by atoms with Crippen LogP contribution in [0.25, 0.3) is 0 Å². The van der Waals surface area contributed by atoms with Crippen molar-refractivity contribution in [2.45, 2.75) is 23.9 Å². The van der Waals surface area contributed by atoms with Crippen molar-refractivity contribution in [3.05, 3.63) is 29.1 Å². The minimum atomic E-state index is -0.388. The molecule has 0 radical (unpaired) electrons. The van der Waals surface area contributed by atoms with Crippen LogP contribution < -0.4 is 0 Å². The highest BCUT2D eigenvalue weighted by Crippen LogP contribution is 2.30. The smallest absolute Gasteiger partial charge is 0.213 e. The van der Waals surface area contributed by atoms with Crippen LogP contribution >= 0.6 is 11.8 Å². The zero-order chi connectivity index (χ0) is 13.3. The molecule has 0 aliphatic heterocycles. The van der Waals surface area contributed by atoms with Crippen LogP contribution in [-0.4, -0.2) is 26.0 Å². The number of rotatable bonds is 3. The Balaban J connectivity index is 2.46. The predicted octanol–water partition coefficient (Wildman–Crippen LogP) is 2.01. The zero-order valence-electron chi connectivity index (χ0n) is 10.1. The van der Waals surface area contributed by atoms with E-state index in [1.165, 1.54) is 29.4 Å². The molecule has 94 valence electrons. The van der Waals surface area contributed by atoms with Crippen LogP contribution in [0.1, 0.15) is 22.8 Å². The van der Waals surface area contributed by atoms with Gasteiger partial charge < -0.3 is 0 Å². The molecule has 1 aromatic carbocycles. The minimum absolute atomic E-state index is 0.188. The van der Waals surface area contributed by atoms with Gasteiger partial charge in [-0.3, -0.25) is 4.79 Å². The molecule has 0 saturated carbocycles. The van der Waals surface area contributed by atoms with E-state index in [-0.39, 0.29) is 11.6 Å². The number of tetrazole rings is 1. The van der Waals surface area contributed by atoms with E-state index < -0.39 is 0 Å². The molecule has 0 saturated heterocycles. The molecule has 7 heteroatoms. The number of carbonyl (C=O) groups excluding carboxylic acids is 1. The molecule has 1 heterocycles. The summed E-state index contributed by atoms with van der Waals surface area (Å²) >= 11 is 1.24. The second-order valence-electron chi connectivity index (χ2n) is 3.84. The molecule has 2 aromatic rings. The Labute approximate surface area is 107 Å². The lowest BCUT2D eigenvalue weighted by Crippen LogP contribution is -2.00. The number of aromatic nitrogens is 4. The molecule has 0 unspecified atom stereocenters. The Hall–Kier alpha value is -1.76. The summed E-state index contributed by atoms with van der Waals surface area (Å²) in [7, 11) is 1.70. The van der Waals surface area contributed by atoms with E-state index in [0.29, 0.717) is 21.2 Å². The summed E-state index contributed by atoms with van der Waals surface area (Å²) in [5, 5.41) is 11.6. The van der Waals surface area contributed by atoms with Gasteiger partial charge in [0.1, 0.15) is 5.82 Å².